The van der Waals surface area contributed by atoms with Crippen molar-refractivity contribution in [2.24, 2.45) is 10.5 Å². The lowest BCUT2D eigenvalue weighted by atomic mass is 9.90. The number of ketones is 1. The van der Waals surface area contributed by atoms with Gasteiger partial charge >= 0.3 is 0 Å². The minimum Gasteiger partial charge on any atom is -0.353 e. The number of benzene rings is 1. The maximum Gasteiger partial charge on any atom is 0.251 e. The number of hydrogen-bond acceptors (Lipinski definition) is 4. The Morgan fingerprint density at radius 1 is 1.12 bits per heavy atom. The molecule has 0 aromatic heterocycles. The molecule has 5 rings (SSSR count). The molecule has 0 saturated heterocycles. The van der Waals surface area contributed by atoms with Gasteiger partial charge in [-0.3, -0.25) is 14.4 Å². The van der Waals surface area contributed by atoms with Gasteiger partial charge in [0.15, 0.2) is 5.78 Å². The number of nitrogens with zero attached hydrogens (tertiary/aromatic N) is 2. The van der Waals surface area contributed by atoms with Crippen LogP contribution in [0, 0.1) is 5.41 Å². The number of amides is 2. The highest BCUT2D eigenvalue weighted by molar-refractivity contribution is 6.12. The Hall–Kier alpha value is -3.02. The fraction of sp³-hybridized carbons (Fsp3) is 0.462. The number of allylic oxidation sites excluding steroid dienone is 2. The van der Waals surface area contributed by atoms with Gasteiger partial charge in [0.25, 0.3) is 5.91 Å². The number of carbonyl (C=O) groups is 3. The molecule has 0 bridgehead atoms. The summed E-state index contributed by atoms with van der Waals surface area (Å²) in [5.41, 5.74) is 6.08. The second-order valence-electron chi connectivity index (χ2n) is 9.71. The molecular weight excluding hydrogens is 402 g/mol. The van der Waals surface area contributed by atoms with Crippen molar-refractivity contribution in [2.75, 3.05) is 0 Å². The first-order chi connectivity index (χ1) is 15.3. The molecule has 0 unspecified atom stereocenters. The van der Waals surface area contributed by atoms with Gasteiger partial charge in [-0.15, -0.1) is 0 Å². The second-order valence-corrected chi connectivity index (χ2v) is 9.71. The average molecular weight is 432 g/mol. The van der Waals surface area contributed by atoms with Gasteiger partial charge in [-0.2, -0.15) is 10.1 Å². The highest BCUT2D eigenvalue weighted by Gasteiger charge is 2.54. The van der Waals surface area contributed by atoms with Crippen LogP contribution in [0.1, 0.15) is 80.8 Å². The molecule has 1 aromatic rings. The summed E-state index contributed by atoms with van der Waals surface area (Å²) in [7, 11) is 0. The minimum atomic E-state index is -0.574. The van der Waals surface area contributed by atoms with Crippen LogP contribution in [0.15, 0.2) is 40.6 Å². The summed E-state index contributed by atoms with van der Waals surface area (Å²) in [6.45, 7) is 5.97. The number of hydrazone groups is 1. The van der Waals surface area contributed by atoms with Crippen LogP contribution in [0.25, 0.3) is 5.57 Å². The molecule has 0 spiro atoms. The Labute approximate surface area is 188 Å². The molecule has 2 aliphatic heterocycles. The molecule has 2 heterocycles. The van der Waals surface area contributed by atoms with E-state index in [9.17, 15) is 14.4 Å². The third kappa shape index (κ3) is 3.33. The smallest absolute Gasteiger partial charge is 0.251 e. The van der Waals surface area contributed by atoms with Crippen LogP contribution in [-0.4, -0.2) is 34.4 Å². The van der Waals surface area contributed by atoms with Crippen LogP contribution < -0.4 is 5.32 Å². The number of Topliss-reactive ketones (excluding diaryl/α,β-unsaturated/α-hetero) is 1. The molecule has 0 radical (unpaired) electrons. The predicted octanol–water partition coefficient (Wildman–Crippen LogP) is 4.16. The Kier molecular flexibility index (Phi) is 4.91. The summed E-state index contributed by atoms with van der Waals surface area (Å²) in [6.07, 6.45) is 6.58. The summed E-state index contributed by atoms with van der Waals surface area (Å²) in [6, 6.07) is 6.06. The number of nitrogens with one attached hydrogen (secondary N) is 1. The van der Waals surface area contributed by atoms with E-state index in [1.807, 2.05) is 32.1 Å². The molecule has 0 atom stereocenters. The number of hydrogen-bond donors (Lipinski definition) is 1. The van der Waals surface area contributed by atoms with E-state index < -0.39 is 5.41 Å². The first-order valence-electron chi connectivity index (χ1n) is 11.6. The number of fused-ring (bicyclic) bond motifs is 2. The number of aryl methyl sites for hydroxylation is 1. The van der Waals surface area contributed by atoms with Crippen molar-refractivity contribution in [1.29, 1.82) is 0 Å². The topological polar surface area (TPSA) is 78.8 Å². The largest absolute Gasteiger partial charge is 0.353 e. The van der Waals surface area contributed by atoms with E-state index in [2.05, 4.69) is 18.3 Å². The zero-order chi connectivity index (χ0) is 22.6. The summed E-state index contributed by atoms with van der Waals surface area (Å²) < 4.78 is 0. The molecule has 166 valence electrons. The molecule has 2 aliphatic carbocycles. The maximum atomic E-state index is 13.0. The van der Waals surface area contributed by atoms with Gasteiger partial charge in [-0.25, -0.2) is 0 Å². The average Bonchev–Trinajstić information content (AvgIpc) is 3.51. The minimum absolute atomic E-state index is 0.0240. The van der Waals surface area contributed by atoms with Crippen LogP contribution in [-0.2, 0) is 16.0 Å². The van der Waals surface area contributed by atoms with E-state index in [0.29, 0.717) is 12.8 Å². The third-order valence-electron chi connectivity index (χ3n) is 7.04. The van der Waals surface area contributed by atoms with Gasteiger partial charge in [-0.1, -0.05) is 24.3 Å². The van der Waals surface area contributed by atoms with Crippen molar-refractivity contribution >= 4 is 28.9 Å². The van der Waals surface area contributed by atoms with E-state index in [-0.39, 0.29) is 30.1 Å². The van der Waals surface area contributed by atoms with Gasteiger partial charge in [-0.05, 0) is 69.6 Å². The first-order valence-corrected chi connectivity index (χ1v) is 11.6. The van der Waals surface area contributed by atoms with Crippen LogP contribution in [0.3, 0.4) is 0 Å². The molecule has 1 saturated carbocycles. The van der Waals surface area contributed by atoms with Crippen LogP contribution in [0.4, 0.5) is 0 Å². The molecule has 6 heteroatoms. The molecule has 6 nitrogen and oxygen atoms in total. The van der Waals surface area contributed by atoms with E-state index in [1.54, 1.807) is 5.01 Å². The standard InChI is InChI=1S/C26H29N3O3/c1-15(2)27-25(32)26(12-13-26)22-10-4-16(3)24-20(8-11-23(31)29(24)28-22)18-5-7-19-17(14-18)6-9-21(19)30/h5,7-8,14-15H,4,6,9-13H2,1-3H3,(H,27,32). The van der Waals surface area contributed by atoms with Crippen molar-refractivity contribution in [3.05, 3.63) is 52.2 Å². The maximum absolute atomic E-state index is 13.0. The lowest BCUT2D eigenvalue weighted by Crippen LogP contribution is -2.41. The summed E-state index contributed by atoms with van der Waals surface area (Å²) in [5, 5.41) is 9.43. The lowest BCUT2D eigenvalue weighted by molar-refractivity contribution is -0.129. The Morgan fingerprint density at radius 2 is 1.91 bits per heavy atom. The third-order valence-corrected chi connectivity index (χ3v) is 7.04. The Bertz CT molecular complexity index is 1130. The number of carbonyl (C=O) groups excluding carboxylic acids is 3. The molecule has 1 N–H and O–H groups in total. The van der Waals surface area contributed by atoms with Crippen molar-refractivity contribution in [2.45, 2.75) is 71.8 Å². The zero-order valence-electron chi connectivity index (χ0n) is 19.0. The monoisotopic (exact) mass is 431 g/mol. The summed E-state index contributed by atoms with van der Waals surface area (Å²) in [4.78, 5) is 38.0. The lowest BCUT2D eigenvalue weighted by Gasteiger charge is -2.28. The van der Waals surface area contributed by atoms with Crippen LogP contribution >= 0.6 is 0 Å². The first kappa shape index (κ1) is 20.9. The molecule has 32 heavy (non-hydrogen) atoms. The fourth-order valence-electron chi connectivity index (χ4n) is 5.11. The molecule has 1 fully saturated rings. The summed E-state index contributed by atoms with van der Waals surface area (Å²) >= 11 is 0. The normalized spacial score (nSPS) is 21.7. The van der Waals surface area contributed by atoms with Crippen molar-refractivity contribution in [3.63, 3.8) is 0 Å². The highest BCUT2D eigenvalue weighted by atomic mass is 16.2. The predicted molar refractivity (Wildman–Crippen MR) is 123 cm³/mol. The molecule has 4 aliphatic rings. The summed E-state index contributed by atoms with van der Waals surface area (Å²) in [5.74, 6) is 0.157. The molecular formula is C26H29N3O3. The Balaban J connectivity index is 1.52. The van der Waals surface area contributed by atoms with Gasteiger partial charge in [0.05, 0.1) is 16.8 Å². The van der Waals surface area contributed by atoms with Crippen LogP contribution in [0.2, 0.25) is 0 Å². The zero-order valence-corrected chi connectivity index (χ0v) is 19.0. The van der Waals surface area contributed by atoms with Crippen molar-refractivity contribution < 1.29 is 14.4 Å². The SMILES string of the molecule is CC1=C2C(c3ccc4c(c3)CCC4=O)=CCC(=O)N2N=C(C2(C(=O)NC(C)C)CC2)CC1. The Morgan fingerprint density at radius 3 is 2.62 bits per heavy atom. The van der Waals surface area contributed by atoms with E-state index in [1.165, 1.54) is 0 Å². The van der Waals surface area contributed by atoms with Gasteiger partial charge in [0.2, 0.25) is 5.91 Å². The van der Waals surface area contributed by atoms with Crippen molar-refractivity contribution in [1.82, 2.24) is 10.3 Å². The number of rotatable bonds is 4. The molecule has 2 amide bonds. The van der Waals surface area contributed by atoms with Gasteiger partial charge in [0, 0.05) is 30.0 Å². The van der Waals surface area contributed by atoms with E-state index in [0.717, 1.165) is 64.9 Å². The second kappa shape index (κ2) is 7.54. The van der Waals surface area contributed by atoms with Gasteiger partial charge < -0.3 is 5.32 Å². The van der Waals surface area contributed by atoms with E-state index >= 15 is 0 Å². The quantitative estimate of drug-likeness (QED) is 0.777. The fourth-order valence-corrected chi connectivity index (χ4v) is 5.11. The van der Waals surface area contributed by atoms with Gasteiger partial charge in [0.1, 0.15) is 0 Å². The van der Waals surface area contributed by atoms with Crippen LogP contribution in [0.5, 0.6) is 0 Å². The van der Waals surface area contributed by atoms with Crippen molar-refractivity contribution in [3.8, 4) is 0 Å². The van der Waals surface area contributed by atoms with E-state index in [4.69, 9.17) is 5.10 Å². The molecule has 1 aromatic carbocycles. The highest BCUT2D eigenvalue weighted by Crippen LogP contribution is 2.50.